The smallest absolute Gasteiger partial charge is 0.221 e. The first-order valence-electron chi connectivity index (χ1n) is 5.04. The number of nitrogens with one attached hydrogen (secondary N) is 1. The molecule has 0 aliphatic heterocycles. The Morgan fingerprint density at radius 2 is 2.07 bits per heavy atom. The van der Waals surface area contributed by atoms with Crippen LogP contribution in [0.4, 0.5) is 0 Å². The molecule has 1 aromatic rings. The second-order valence-electron chi connectivity index (χ2n) is 3.71. The van der Waals surface area contributed by atoms with Crippen LogP contribution < -0.4 is 11.1 Å². The normalized spacial score (nSPS) is 14.5. The van der Waals surface area contributed by atoms with E-state index >= 15 is 0 Å². The molecule has 1 amide bonds. The highest BCUT2D eigenvalue weighted by Crippen LogP contribution is 2.10. The van der Waals surface area contributed by atoms with Crippen LogP contribution in [-0.2, 0) is 4.79 Å². The molecule has 0 aliphatic rings. The molecule has 1 unspecified atom stereocenters. The average Bonchev–Trinajstić information content (AvgIpc) is 2.26. The van der Waals surface area contributed by atoms with Crippen LogP contribution in [0.2, 0.25) is 0 Å². The first kappa shape index (κ1) is 11.7. The van der Waals surface area contributed by atoms with Crippen LogP contribution in [0.15, 0.2) is 24.5 Å². The van der Waals surface area contributed by atoms with Crippen LogP contribution >= 0.6 is 0 Å². The molecule has 4 nitrogen and oxygen atoms in total. The maximum Gasteiger partial charge on any atom is 0.221 e. The number of hydrogen-bond donors (Lipinski definition) is 2. The third-order valence-corrected chi connectivity index (χ3v) is 2.42. The maximum atomic E-state index is 10.8. The third-order valence-electron chi connectivity index (χ3n) is 2.42. The number of nitrogens with two attached hydrogens (primary N) is 1. The fraction of sp³-hybridized carbons (Fsp3) is 0.455. The molecule has 1 rings (SSSR count). The molecule has 0 aliphatic carbocycles. The zero-order valence-corrected chi connectivity index (χ0v) is 9.10. The lowest BCUT2D eigenvalue weighted by molar-refractivity contribution is -0.121. The largest absolute Gasteiger partial charge is 0.369 e. The Labute approximate surface area is 89.9 Å². The number of primary amides is 1. The van der Waals surface area contributed by atoms with E-state index in [4.69, 9.17) is 5.73 Å². The van der Waals surface area contributed by atoms with Gasteiger partial charge in [-0.1, -0.05) is 6.92 Å². The number of amides is 1. The lowest BCUT2D eigenvalue weighted by atomic mass is 10.1. The Bertz CT molecular complexity index is 313. The second kappa shape index (κ2) is 5.46. The van der Waals surface area contributed by atoms with Crippen molar-refractivity contribution in [1.82, 2.24) is 10.3 Å². The van der Waals surface area contributed by atoms with Gasteiger partial charge in [0.1, 0.15) is 0 Å². The van der Waals surface area contributed by atoms with Gasteiger partial charge in [-0.05, 0) is 24.6 Å². The standard InChI is InChI=1S/C11H17N3O/c1-8(11(12)15)7-14-9(2)10-3-5-13-6-4-10/h3-6,8-9,14H,7H2,1-2H3,(H2,12,15)/t8?,9-/m1/s1. The van der Waals surface area contributed by atoms with E-state index in [0.29, 0.717) is 6.54 Å². The van der Waals surface area contributed by atoms with Gasteiger partial charge in [0.2, 0.25) is 5.91 Å². The van der Waals surface area contributed by atoms with Crippen molar-refractivity contribution < 1.29 is 4.79 Å². The van der Waals surface area contributed by atoms with Crippen molar-refractivity contribution in [2.75, 3.05) is 6.54 Å². The van der Waals surface area contributed by atoms with Crippen molar-refractivity contribution in [3.05, 3.63) is 30.1 Å². The molecule has 0 saturated heterocycles. The number of hydrogen-bond acceptors (Lipinski definition) is 3. The molecule has 0 spiro atoms. The summed E-state index contributed by atoms with van der Waals surface area (Å²) in [5.74, 6) is -0.418. The van der Waals surface area contributed by atoms with Gasteiger partial charge >= 0.3 is 0 Å². The summed E-state index contributed by atoms with van der Waals surface area (Å²) in [4.78, 5) is 14.8. The second-order valence-corrected chi connectivity index (χ2v) is 3.71. The summed E-state index contributed by atoms with van der Waals surface area (Å²) in [6, 6.07) is 4.11. The monoisotopic (exact) mass is 207 g/mol. The highest BCUT2D eigenvalue weighted by Gasteiger charge is 2.10. The summed E-state index contributed by atoms with van der Waals surface area (Å²) in [6.45, 7) is 4.45. The fourth-order valence-electron chi connectivity index (χ4n) is 1.22. The summed E-state index contributed by atoms with van der Waals surface area (Å²) in [6.07, 6.45) is 3.51. The zero-order chi connectivity index (χ0) is 11.3. The average molecular weight is 207 g/mol. The van der Waals surface area contributed by atoms with Gasteiger partial charge in [0.15, 0.2) is 0 Å². The number of aromatic nitrogens is 1. The van der Waals surface area contributed by atoms with Crippen LogP contribution in [0.1, 0.15) is 25.5 Å². The molecular formula is C11H17N3O. The van der Waals surface area contributed by atoms with Crippen molar-refractivity contribution in [3.63, 3.8) is 0 Å². The molecule has 0 fully saturated rings. The fourth-order valence-corrected chi connectivity index (χ4v) is 1.22. The number of rotatable bonds is 5. The minimum Gasteiger partial charge on any atom is -0.369 e. The molecule has 0 radical (unpaired) electrons. The first-order chi connectivity index (χ1) is 7.11. The van der Waals surface area contributed by atoms with E-state index in [9.17, 15) is 4.79 Å². The van der Waals surface area contributed by atoms with E-state index in [1.54, 1.807) is 12.4 Å². The van der Waals surface area contributed by atoms with Gasteiger partial charge in [-0.25, -0.2) is 0 Å². The van der Waals surface area contributed by atoms with Crippen LogP contribution in [0, 0.1) is 5.92 Å². The first-order valence-corrected chi connectivity index (χ1v) is 5.04. The molecule has 0 saturated carbocycles. The molecule has 1 heterocycles. The zero-order valence-electron chi connectivity index (χ0n) is 9.10. The van der Waals surface area contributed by atoms with Crippen molar-refractivity contribution in [2.24, 2.45) is 11.7 Å². The van der Waals surface area contributed by atoms with Gasteiger partial charge in [-0.3, -0.25) is 9.78 Å². The number of nitrogens with zero attached hydrogens (tertiary/aromatic N) is 1. The van der Waals surface area contributed by atoms with Gasteiger partial charge in [0.25, 0.3) is 0 Å². The summed E-state index contributed by atoms with van der Waals surface area (Å²) >= 11 is 0. The number of pyridine rings is 1. The molecule has 15 heavy (non-hydrogen) atoms. The molecule has 0 bridgehead atoms. The Morgan fingerprint density at radius 1 is 1.47 bits per heavy atom. The van der Waals surface area contributed by atoms with E-state index < -0.39 is 0 Å². The molecule has 4 heteroatoms. The molecule has 1 aromatic heterocycles. The Morgan fingerprint density at radius 3 is 2.60 bits per heavy atom. The van der Waals surface area contributed by atoms with Gasteiger partial charge < -0.3 is 11.1 Å². The van der Waals surface area contributed by atoms with Crippen molar-refractivity contribution in [3.8, 4) is 0 Å². The predicted molar refractivity (Wildman–Crippen MR) is 59.0 cm³/mol. The molecule has 2 atom stereocenters. The van der Waals surface area contributed by atoms with Crippen LogP contribution in [0.3, 0.4) is 0 Å². The van der Waals surface area contributed by atoms with E-state index in [0.717, 1.165) is 5.56 Å². The van der Waals surface area contributed by atoms with Gasteiger partial charge in [-0.2, -0.15) is 0 Å². The van der Waals surface area contributed by atoms with Crippen LogP contribution in [0.5, 0.6) is 0 Å². The number of carbonyl (C=O) groups excluding carboxylic acids is 1. The summed E-state index contributed by atoms with van der Waals surface area (Å²) in [5, 5.41) is 3.25. The lowest BCUT2D eigenvalue weighted by Gasteiger charge is -2.16. The van der Waals surface area contributed by atoms with E-state index in [1.165, 1.54) is 0 Å². The number of carbonyl (C=O) groups is 1. The maximum absolute atomic E-state index is 10.8. The topological polar surface area (TPSA) is 68.0 Å². The summed E-state index contributed by atoms with van der Waals surface area (Å²) < 4.78 is 0. The Hall–Kier alpha value is -1.42. The van der Waals surface area contributed by atoms with Gasteiger partial charge in [0.05, 0.1) is 0 Å². The lowest BCUT2D eigenvalue weighted by Crippen LogP contribution is -2.32. The minimum atomic E-state index is -0.274. The SMILES string of the molecule is CC(CN[C@H](C)c1ccncc1)C(N)=O. The Balaban J connectivity index is 2.43. The molecule has 3 N–H and O–H groups in total. The van der Waals surface area contributed by atoms with Gasteiger partial charge in [-0.15, -0.1) is 0 Å². The van der Waals surface area contributed by atoms with E-state index in [1.807, 2.05) is 26.0 Å². The third kappa shape index (κ3) is 3.67. The van der Waals surface area contributed by atoms with Crippen molar-refractivity contribution >= 4 is 5.91 Å². The van der Waals surface area contributed by atoms with Crippen molar-refractivity contribution in [1.29, 1.82) is 0 Å². The van der Waals surface area contributed by atoms with Crippen LogP contribution in [-0.4, -0.2) is 17.4 Å². The predicted octanol–water partition coefficient (Wildman–Crippen LogP) is 0.854. The summed E-state index contributed by atoms with van der Waals surface area (Å²) in [5.41, 5.74) is 6.33. The molecule has 0 aromatic carbocycles. The molecule has 82 valence electrons. The highest BCUT2D eigenvalue weighted by atomic mass is 16.1. The van der Waals surface area contributed by atoms with Gasteiger partial charge in [0, 0.05) is 30.9 Å². The quantitative estimate of drug-likeness (QED) is 0.752. The summed E-state index contributed by atoms with van der Waals surface area (Å²) in [7, 11) is 0. The van der Waals surface area contributed by atoms with Crippen molar-refractivity contribution in [2.45, 2.75) is 19.9 Å². The Kier molecular flexibility index (Phi) is 4.24. The van der Waals surface area contributed by atoms with E-state index in [-0.39, 0.29) is 17.9 Å². The molecular weight excluding hydrogens is 190 g/mol. The minimum absolute atomic E-state index is 0.144. The van der Waals surface area contributed by atoms with E-state index in [2.05, 4.69) is 10.3 Å². The van der Waals surface area contributed by atoms with Crippen LogP contribution in [0.25, 0.3) is 0 Å². The highest BCUT2D eigenvalue weighted by molar-refractivity contribution is 5.76.